The van der Waals surface area contributed by atoms with E-state index in [0.717, 1.165) is 29.5 Å². The Morgan fingerprint density at radius 1 is 0.898 bits per heavy atom. The number of phenolic OH excluding ortho intramolecular Hbond substituents is 1. The third-order valence-corrected chi connectivity index (χ3v) is 8.85. The molecule has 6 N–H and O–H groups in total. The lowest BCUT2D eigenvalue weighted by Crippen LogP contribution is -2.45. The van der Waals surface area contributed by atoms with Gasteiger partial charge in [0.15, 0.2) is 0 Å². The van der Waals surface area contributed by atoms with Gasteiger partial charge >= 0.3 is 6.09 Å². The van der Waals surface area contributed by atoms with E-state index in [1.165, 1.54) is 12.1 Å². The van der Waals surface area contributed by atoms with E-state index in [9.17, 15) is 29.7 Å². The normalized spacial score (nSPS) is 14.7. The van der Waals surface area contributed by atoms with Crippen molar-refractivity contribution < 1.29 is 29.6 Å². The van der Waals surface area contributed by atoms with Crippen LogP contribution in [0.15, 0.2) is 108 Å². The number of hydrogen-bond acceptors (Lipinski definition) is 7. The van der Waals surface area contributed by atoms with Crippen molar-refractivity contribution in [2.45, 2.75) is 37.6 Å². The molecule has 1 aromatic heterocycles. The Morgan fingerprint density at radius 2 is 1.63 bits per heavy atom. The number of aromatic nitrogens is 1. The van der Waals surface area contributed by atoms with E-state index >= 15 is 0 Å². The topological polar surface area (TPSA) is 164 Å². The fourth-order valence-corrected chi connectivity index (χ4v) is 6.23. The maximum Gasteiger partial charge on any atom is 0.405 e. The molecule has 2 heterocycles. The number of phenols is 1. The van der Waals surface area contributed by atoms with Gasteiger partial charge in [-0.25, -0.2) is 4.79 Å². The van der Waals surface area contributed by atoms with Crippen LogP contribution in [0.1, 0.15) is 57.6 Å². The highest BCUT2D eigenvalue weighted by Gasteiger charge is 2.25. The number of fused-ring (bicyclic) bond motifs is 1. The third-order valence-electron chi connectivity index (χ3n) is 8.85. The van der Waals surface area contributed by atoms with Crippen molar-refractivity contribution in [3.05, 3.63) is 141 Å². The predicted molar refractivity (Wildman–Crippen MR) is 185 cm³/mol. The van der Waals surface area contributed by atoms with Gasteiger partial charge in [0.05, 0.1) is 17.7 Å². The number of aromatic hydroxyl groups is 1. The number of nitrogens with zero attached hydrogens (tertiary/aromatic N) is 1. The van der Waals surface area contributed by atoms with E-state index in [-0.39, 0.29) is 36.4 Å². The van der Waals surface area contributed by atoms with Gasteiger partial charge in [-0.15, -0.1) is 0 Å². The second-order valence-corrected chi connectivity index (χ2v) is 12.1. The van der Waals surface area contributed by atoms with Gasteiger partial charge in [0.1, 0.15) is 18.1 Å². The summed E-state index contributed by atoms with van der Waals surface area (Å²) in [5.41, 5.74) is 3.63. The number of piperidine rings is 1. The predicted octanol–water partition coefficient (Wildman–Crippen LogP) is 5.10. The number of aliphatic hydroxyl groups is 1. The van der Waals surface area contributed by atoms with Crippen molar-refractivity contribution in [1.82, 2.24) is 20.5 Å². The summed E-state index contributed by atoms with van der Waals surface area (Å²) in [5, 5.41) is 37.0. The molecule has 0 radical (unpaired) electrons. The van der Waals surface area contributed by atoms with Gasteiger partial charge in [0.2, 0.25) is 5.56 Å². The van der Waals surface area contributed by atoms with Crippen LogP contribution in [-0.2, 0) is 6.61 Å². The van der Waals surface area contributed by atoms with Gasteiger partial charge in [-0.3, -0.25) is 9.59 Å². The van der Waals surface area contributed by atoms with Crippen molar-refractivity contribution >= 4 is 22.9 Å². The van der Waals surface area contributed by atoms with Gasteiger partial charge in [-0.1, -0.05) is 60.7 Å². The molecule has 2 amide bonds. The monoisotopic (exact) mass is 662 g/mol. The highest BCUT2D eigenvalue weighted by Crippen LogP contribution is 2.29. The maximum atomic E-state index is 13.3. The molecule has 252 valence electrons. The van der Waals surface area contributed by atoms with Gasteiger partial charge in [-0.05, 0) is 71.5 Å². The van der Waals surface area contributed by atoms with E-state index < -0.39 is 18.2 Å². The number of carboxylic acid groups (broad SMARTS) is 1. The summed E-state index contributed by atoms with van der Waals surface area (Å²) in [7, 11) is 0. The quantitative estimate of drug-likeness (QED) is 0.114. The number of hydrogen-bond donors (Lipinski definition) is 6. The second-order valence-electron chi connectivity index (χ2n) is 12.1. The number of aromatic amines is 1. The molecule has 2 atom stereocenters. The Balaban J connectivity index is 0.991. The fourth-order valence-electron chi connectivity index (χ4n) is 6.23. The fraction of sp³-hybridized carbons (Fsp3) is 0.237. The Morgan fingerprint density at radius 3 is 2.37 bits per heavy atom. The standard InChI is InChI=1S/C38H38N4O7/c43-32-15-13-30(31-14-16-34(45)40-36(31)32)33(44)22-39-28-17-19-42(20-18-28)37(46)26-11-9-24(10-12-26)23-49-29-8-4-7-27(21-29)35(41-38(47)48)25-5-2-1-3-6-25/h1-16,21,28,33,35,39,41,43-44H,17-20,22-23H2,(H,40,45)(H,47,48)/t33?,35-/m0/s1. The van der Waals surface area contributed by atoms with Crippen LogP contribution in [0.4, 0.5) is 4.79 Å². The van der Waals surface area contributed by atoms with E-state index in [4.69, 9.17) is 4.74 Å². The molecular formula is C38H38N4O7. The molecule has 6 rings (SSSR count). The number of benzene rings is 4. The molecule has 0 aliphatic carbocycles. The third kappa shape index (κ3) is 8.08. The van der Waals surface area contributed by atoms with Crippen LogP contribution in [0.3, 0.4) is 0 Å². The summed E-state index contributed by atoms with van der Waals surface area (Å²) in [6, 6.07) is 29.7. The number of carbonyl (C=O) groups excluding carboxylic acids is 1. The number of aliphatic hydroxyl groups excluding tert-OH is 1. The lowest BCUT2D eigenvalue weighted by atomic mass is 9.98. The Labute approximate surface area is 282 Å². The first-order chi connectivity index (χ1) is 23.7. The molecule has 4 aromatic carbocycles. The van der Waals surface area contributed by atoms with E-state index in [1.54, 1.807) is 24.3 Å². The number of pyridine rings is 1. The molecule has 1 unspecified atom stereocenters. The average molecular weight is 663 g/mol. The largest absolute Gasteiger partial charge is 0.506 e. The van der Waals surface area contributed by atoms with Crippen LogP contribution >= 0.6 is 0 Å². The van der Waals surface area contributed by atoms with Crippen molar-refractivity contribution in [3.8, 4) is 11.5 Å². The Kier molecular flexibility index (Phi) is 10.2. The van der Waals surface area contributed by atoms with Gasteiger partial charge in [0, 0.05) is 42.7 Å². The molecule has 0 bridgehead atoms. The minimum absolute atomic E-state index is 0.0407. The van der Waals surface area contributed by atoms with Crippen LogP contribution in [0.5, 0.6) is 11.5 Å². The summed E-state index contributed by atoms with van der Waals surface area (Å²) in [6.45, 7) is 1.73. The molecule has 1 aliphatic rings. The van der Waals surface area contributed by atoms with Crippen molar-refractivity contribution in [1.29, 1.82) is 0 Å². The molecule has 0 spiro atoms. The minimum Gasteiger partial charge on any atom is -0.506 e. The molecule has 1 aliphatic heterocycles. The number of rotatable bonds is 11. The Bertz CT molecular complexity index is 1970. The van der Waals surface area contributed by atoms with Crippen LogP contribution in [0.25, 0.3) is 10.9 Å². The maximum absolute atomic E-state index is 13.3. The van der Waals surface area contributed by atoms with Crippen molar-refractivity contribution in [2.75, 3.05) is 19.6 Å². The van der Waals surface area contributed by atoms with Gasteiger partial charge in [0.25, 0.3) is 5.91 Å². The number of H-pyrrole nitrogens is 1. The van der Waals surface area contributed by atoms with Crippen LogP contribution < -0.4 is 20.9 Å². The van der Waals surface area contributed by atoms with Crippen LogP contribution in [0, 0.1) is 0 Å². The van der Waals surface area contributed by atoms with E-state index in [0.29, 0.717) is 40.9 Å². The van der Waals surface area contributed by atoms with Gasteiger partial charge in [-0.2, -0.15) is 0 Å². The lowest BCUT2D eigenvalue weighted by Gasteiger charge is -2.33. The van der Waals surface area contributed by atoms with Crippen molar-refractivity contribution in [3.63, 3.8) is 0 Å². The first-order valence-electron chi connectivity index (χ1n) is 16.2. The molecule has 1 saturated heterocycles. The van der Waals surface area contributed by atoms with Crippen LogP contribution in [-0.4, -0.2) is 62.9 Å². The minimum atomic E-state index is -1.12. The van der Waals surface area contributed by atoms with E-state index in [2.05, 4.69) is 15.6 Å². The summed E-state index contributed by atoms with van der Waals surface area (Å²) < 4.78 is 6.03. The zero-order valence-electron chi connectivity index (χ0n) is 26.7. The molecule has 49 heavy (non-hydrogen) atoms. The number of carbonyl (C=O) groups is 2. The molecule has 5 aromatic rings. The lowest BCUT2D eigenvalue weighted by molar-refractivity contribution is 0.0698. The molecule has 11 nitrogen and oxygen atoms in total. The number of likely N-dealkylation sites (tertiary alicyclic amines) is 1. The summed E-state index contributed by atoms with van der Waals surface area (Å²) in [6.07, 6.45) is -0.492. The zero-order chi connectivity index (χ0) is 34.3. The summed E-state index contributed by atoms with van der Waals surface area (Å²) in [4.78, 5) is 40.9. The average Bonchev–Trinajstić information content (AvgIpc) is 3.13. The highest BCUT2D eigenvalue weighted by atomic mass is 16.5. The number of nitrogens with one attached hydrogen (secondary N) is 3. The second kappa shape index (κ2) is 15.1. The molecule has 1 fully saturated rings. The van der Waals surface area contributed by atoms with Crippen LogP contribution in [0.2, 0.25) is 0 Å². The molecule has 0 saturated carbocycles. The smallest absolute Gasteiger partial charge is 0.405 e. The number of amides is 2. The summed E-state index contributed by atoms with van der Waals surface area (Å²) in [5.74, 6) is 0.507. The molecular weight excluding hydrogens is 624 g/mol. The first kappa shape index (κ1) is 33.3. The number of ether oxygens (including phenoxy) is 1. The van der Waals surface area contributed by atoms with Gasteiger partial charge < -0.3 is 40.6 Å². The molecule has 11 heteroatoms. The van der Waals surface area contributed by atoms with E-state index in [1.807, 2.05) is 71.6 Å². The zero-order valence-corrected chi connectivity index (χ0v) is 26.7. The first-order valence-corrected chi connectivity index (χ1v) is 16.2. The Hall–Kier alpha value is -5.65. The highest BCUT2D eigenvalue weighted by molar-refractivity contribution is 5.94. The SMILES string of the molecule is O=C(O)N[C@@H](c1ccccc1)c1cccc(OCc2ccc(C(=O)N3CCC(NCC(O)c4ccc(O)c5[nH]c(=O)ccc45)CC3)cc2)c1. The summed E-state index contributed by atoms with van der Waals surface area (Å²) >= 11 is 0. The van der Waals surface area contributed by atoms with Crippen molar-refractivity contribution in [2.24, 2.45) is 0 Å².